The molecule has 29 heavy (non-hydrogen) atoms. The van der Waals surface area contributed by atoms with Crippen LogP contribution in [-0.2, 0) is 9.47 Å². The summed E-state index contributed by atoms with van der Waals surface area (Å²) in [6.07, 6.45) is 4.68. The highest BCUT2D eigenvalue weighted by Crippen LogP contribution is 2.34. The molecule has 1 aromatic rings. The minimum absolute atomic E-state index is 0.165. The van der Waals surface area contributed by atoms with Crippen LogP contribution in [0.25, 0.3) is 0 Å². The van der Waals surface area contributed by atoms with Crippen LogP contribution in [0, 0.1) is 5.92 Å². The molecule has 2 N–H and O–H groups in total. The Morgan fingerprint density at radius 3 is 2.72 bits per heavy atom. The van der Waals surface area contributed by atoms with Crippen molar-refractivity contribution in [2.75, 3.05) is 53.0 Å². The average Bonchev–Trinajstić information content (AvgIpc) is 3.23. The SMILES string of the molecule is CCNC(=NCC1CCOC1c1ccccc1)NC1CCN(CCCOC)CC1. The molecular weight excluding hydrogens is 364 g/mol. The van der Waals surface area contributed by atoms with E-state index in [0.29, 0.717) is 12.0 Å². The Labute approximate surface area is 176 Å². The van der Waals surface area contributed by atoms with Crippen LogP contribution in [0.3, 0.4) is 0 Å². The Balaban J connectivity index is 1.49. The van der Waals surface area contributed by atoms with E-state index in [0.717, 1.165) is 77.6 Å². The molecular formula is C23H38N4O2. The molecule has 2 saturated heterocycles. The summed E-state index contributed by atoms with van der Waals surface area (Å²) >= 11 is 0. The Morgan fingerprint density at radius 1 is 1.21 bits per heavy atom. The van der Waals surface area contributed by atoms with Gasteiger partial charge in [0.25, 0.3) is 0 Å². The summed E-state index contributed by atoms with van der Waals surface area (Å²) in [5, 5.41) is 7.10. The number of nitrogens with zero attached hydrogens (tertiary/aromatic N) is 2. The lowest BCUT2D eigenvalue weighted by Gasteiger charge is -2.33. The van der Waals surface area contributed by atoms with Crippen molar-refractivity contribution in [3.05, 3.63) is 35.9 Å². The predicted molar refractivity (Wildman–Crippen MR) is 118 cm³/mol. The number of nitrogens with one attached hydrogen (secondary N) is 2. The van der Waals surface area contributed by atoms with Crippen LogP contribution in [0.4, 0.5) is 0 Å². The van der Waals surface area contributed by atoms with Gasteiger partial charge < -0.3 is 25.0 Å². The molecule has 3 rings (SSSR count). The molecule has 0 bridgehead atoms. The van der Waals surface area contributed by atoms with Gasteiger partial charge in [0.15, 0.2) is 5.96 Å². The largest absolute Gasteiger partial charge is 0.385 e. The number of hydrogen-bond acceptors (Lipinski definition) is 4. The third kappa shape index (κ3) is 6.98. The van der Waals surface area contributed by atoms with E-state index in [1.807, 2.05) is 0 Å². The van der Waals surface area contributed by atoms with Crippen LogP contribution in [0.2, 0.25) is 0 Å². The molecule has 162 valence electrons. The van der Waals surface area contributed by atoms with Gasteiger partial charge in [0.1, 0.15) is 0 Å². The molecule has 2 atom stereocenters. The topological polar surface area (TPSA) is 58.1 Å². The van der Waals surface area contributed by atoms with Crippen molar-refractivity contribution >= 4 is 5.96 Å². The molecule has 0 spiro atoms. The molecule has 0 amide bonds. The summed E-state index contributed by atoms with van der Waals surface area (Å²) in [5.74, 6) is 1.39. The van der Waals surface area contributed by atoms with Crippen molar-refractivity contribution in [2.24, 2.45) is 10.9 Å². The first-order valence-electron chi connectivity index (χ1n) is 11.2. The van der Waals surface area contributed by atoms with E-state index in [-0.39, 0.29) is 6.10 Å². The van der Waals surface area contributed by atoms with Crippen LogP contribution in [0.1, 0.15) is 44.3 Å². The molecule has 0 radical (unpaired) electrons. The molecule has 6 heteroatoms. The number of aliphatic imine (C=N–C) groups is 1. The van der Waals surface area contributed by atoms with Crippen molar-refractivity contribution in [1.29, 1.82) is 0 Å². The van der Waals surface area contributed by atoms with Crippen molar-refractivity contribution in [3.8, 4) is 0 Å². The van der Waals surface area contributed by atoms with Gasteiger partial charge in [-0.15, -0.1) is 0 Å². The van der Waals surface area contributed by atoms with Gasteiger partial charge in [-0.2, -0.15) is 0 Å². The number of rotatable bonds is 9. The average molecular weight is 403 g/mol. The first-order valence-corrected chi connectivity index (χ1v) is 11.2. The molecule has 2 aliphatic heterocycles. The van der Waals surface area contributed by atoms with Crippen LogP contribution < -0.4 is 10.6 Å². The summed E-state index contributed by atoms with van der Waals surface area (Å²) in [7, 11) is 1.78. The first-order chi connectivity index (χ1) is 14.3. The fraction of sp³-hybridized carbons (Fsp3) is 0.696. The number of likely N-dealkylation sites (tertiary alicyclic amines) is 1. The third-order valence-corrected chi connectivity index (χ3v) is 5.92. The van der Waals surface area contributed by atoms with Gasteiger partial charge in [-0.3, -0.25) is 4.99 Å². The zero-order valence-corrected chi connectivity index (χ0v) is 18.1. The van der Waals surface area contributed by atoms with Crippen molar-refractivity contribution in [2.45, 2.75) is 44.8 Å². The zero-order chi connectivity index (χ0) is 20.3. The maximum atomic E-state index is 6.02. The molecule has 2 heterocycles. The van der Waals surface area contributed by atoms with E-state index in [1.54, 1.807) is 7.11 Å². The molecule has 2 aliphatic rings. The Morgan fingerprint density at radius 2 is 2.00 bits per heavy atom. The fourth-order valence-electron chi connectivity index (χ4n) is 4.29. The highest BCUT2D eigenvalue weighted by Gasteiger charge is 2.29. The summed E-state index contributed by atoms with van der Waals surface area (Å²) in [6, 6.07) is 11.1. The fourth-order valence-corrected chi connectivity index (χ4v) is 4.29. The molecule has 6 nitrogen and oxygen atoms in total. The number of benzene rings is 1. The number of piperidine rings is 1. The lowest BCUT2D eigenvalue weighted by molar-refractivity contribution is 0.0925. The second-order valence-corrected chi connectivity index (χ2v) is 8.08. The minimum atomic E-state index is 0.165. The van der Waals surface area contributed by atoms with E-state index < -0.39 is 0 Å². The molecule has 0 aliphatic carbocycles. The molecule has 2 unspecified atom stereocenters. The van der Waals surface area contributed by atoms with Gasteiger partial charge in [-0.1, -0.05) is 30.3 Å². The lowest BCUT2D eigenvalue weighted by atomic mass is 9.95. The van der Waals surface area contributed by atoms with Gasteiger partial charge in [0.05, 0.1) is 6.10 Å². The molecule has 0 aromatic heterocycles. The smallest absolute Gasteiger partial charge is 0.191 e. The van der Waals surface area contributed by atoms with Crippen LogP contribution in [0.15, 0.2) is 35.3 Å². The second-order valence-electron chi connectivity index (χ2n) is 8.08. The Hall–Kier alpha value is -1.63. The van der Waals surface area contributed by atoms with Gasteiger partial charge >= 0.3 is 0 Å². The van der Waals surface area contributed by atoms with Crippen LogP contribution in [0.5, 0.6) is 0 Å². The number of hydrogen-bond donors (Lipinski definition) is 2. The standard InChI is InChI=1S/C23H38N4O2/c1-3-24-23(26-21-10-14-27(15-11-21)13-7-16-28-2)25-18-20-12-17-29-22(20)19-8-5-4-6-9-19/h4-6,8-9,20-22H,3,7,10-18H2,1-2H3,(H2,24,25,26). The lowest BCUT2D eigenvalue weighted by Crippen LogP contribution is -2.49. The summed E-state index contributed by atoms with van der Waals surface area (Å²) in [6.45, 7) is 8.91. The highest BCUT2D eigenvalue weighted by atomic mass is 16.5. The predicted octanol–water partition coefficient (Wildman–Crippen LogP) is 2.82. The number of ether oxygens (including phenoxy) is 2. The van der Waals surface area contributed by atoms with Gasteiger partial charge in [-0.05, 0) is 38.2 Å². The summed E-state index contributed by atoms with van der Waals surface area (Å²) in [4.78, 5) is 7.47. The summed E-state index contributed by atoms with van der Waals surface area (Å²) < 4.78 is 11.2. The Kier molecular flexibility index (Phi) is 9.25. The quantitative estimate of drug-likeness (QED) is 0.378. The van der Waals surface area contributed by atoms with E-state index in [4.69, 9.17) is 14.5 Å². The van der Waals surface area contributed by atoms with Crippen molar-refractivity contribution in [1.82, 2.24) is 15.5 Å². The van der Waals surface area contributed by atoms with E-state index in [2.05, 4.69) is 52.8 Å². The molecule has 2 fully saturated rings. The van der Waals surface area contributed by atoms with Gasteiger partial charge in [0, 0.05) is 65.0 Å². The normalized spacial score (nSPS) is 24.0. The van der Waals surface area contributed by atoms with Crippen LogP contribution in [-0.4, -0.2) is 69.9 Å². The highest BCUT2D eigenvalue weighted by molar-refractivity contribution is 5.80. The first kappa shape index (κ1) is 22.1. The number of methoxy groups -OCH3 is 1. The van der Waals surface area contributed by atoms with E-state index >= 15 is 0 Å². The maximum Gasteiger partial charge on any atom is 0.191 e. The van der Waals surface area contributed by atoms with E-state index in [9.17, 15) is 0 Å². The third-order valence-electron chi connectivity index (χ3n) is 5.92. The minimum Gasteiger partial charge on any atom is -0.385 e. The number of guanidine groups is 1. The van der Waals surface area contributed by atoms with Crippen molar-refractivity contribution in [3.63, 3.8) is 0 Å². The maximum absolute atomic E-state index is 6.02. The molecule has 1 aromatic carbocycles. The zero-order valence-electron chi connectivity index (χ0n) is 18.1. The van der Waals surface area contributed by atoms with Gasteiger partial charge in [-0.25, -0.2) is 0 Å². The molecule has 0 saturated carbocycles. The Bertz CT molecular complexity index is 602. The van der Waals surface area contributed by atoms with Crippen LogP contribution >= 0.6 is 0 Å². The second kappa shape index (κ2) is 12.2. The monoisotopic (exact) mass is 402 g/mol. The van der Waals surface area contributed by atoms with E-state index in [1.165, 1.54) is 5.56 Å². The summed E-state index contributed by atoms with van der Waals surface area (Å²) in [5.41, 5.74) is 1.27. The van der Waals surface area contributed by atoms with Gasteiger partial charge in [0.2, 0.25) is 0 Å². The van der Waals surface area contributed by atoms with Crippen molar-refractivity contribution < 1.29 is 9.47 Å².